The first kappa shape index (κ1) is 14.5. The standard InChI is InChI=1S/C14H22N2O2/c1-4-6-7-10(3)15-13-9-11(14(17)18)8-12(5-2)16-13/h8-10H,4-7H2,1-3H3,(H,15,16)(H,17,18). The Balaban J connectivity index is 2.81. The number of pyridine rings is 1. The third-order valence-electron chi connectivity index (χ3n) is 2.87. The molecule has 1 rings (SSSR count). The van der Waals surface area contributed by atoms with Crippen molar-refractivity contribution in [1.29, 1.82) is 0 Å². The van der Waals surface area contributed by atoms with Gasteiger partial charge in [0.05, 0.1) is 5.56 Å². The molecule has 0 amide bonds. The van der Waals surface area contributed by atoms with Gasteiger partial charge in [-0.25, -0.2) is 9.78 Å². The zero-order chi connectivity index (χ0) is 13.5. The summed E-state index contributed by atoms with van der Waals surface area (Å²) in [6.45, 7) is 6.22. The number of aromatic carboxylic acids is 1. The maximum absolute atomic E-state index is 11.0. The van der Waals surface area contributed by atoms with E-state index in [0.29, 0.717) is 17.4 Å². The van der Waals surface area contributed by atoms with E-state index in [1.165, 1.54) is 0 Å². The van der Waals surface area contributed by atoms with Gasteiger partial charge in [0.1, 0.15) is 5.82 Å². The summed E-state index contributed by atoms with van der Waals surface area (Å²) in [4.78, 5) is 15.4. The zero-order valence-electron chi connectivity index (χ0n) is 11.4. The second-order valence-corrected chi connectivity index (χ2v) is 4.58. The third-order valence-corrected chi connectivity index (χ3v) is 2.87. The molecule has 0 saturated carbocycles. The van der Waals surface area contributed by atoms with E-state index >= 15 is 0 Å². The van der Waals surface area contributed by atoms with E-state index in [4.69, 9.17) is 5.11 Å². The van der Waals surface area contributed by atoms with Crippen LogP contribution in [0.15, 0.2) is 12.1 Å². The maximum atomic E-state index is 11.0. The SMILES string of the molecule is CCCCC(C)Nc1cc(C(=O)O)cc(CC)n1. The number of aromatic nitrogens is 1. The van der Waals surface area contributed by atoms with Crippen molar-refractivity contribution < 1.29 is 9.90 Å². The largest absolute Gasteiger partial charge is 0.478 e. The Hall–Kier alpha value is -1.58. The molecule has 18 heavy (non-hydrogen) atoms. The highest BCUT2D eigenvalue weighted by Gasteiger charge is 2.09. The predicted octanol–water partition coefficient (Wildman–Crippen LogP) is 3.33. The fourth-order valence-corrected chi connectivity index (χ4v) is 1.80. The van der Waals surface area contributed by atoms with Crippen LogP contribution < -0.4 is 5.32 Å². The number of aryl methyl sites for hydroxylation is 1. The lowest BCUT2D eigenvalue weighted by Gasteiger charge is -2.15. The summed E-state index contributed by atoms with van der Waals surface area (Å²) in [6.07, 6.45) is 4.12. The van der Waals surface area contributed by atoms with E-state index in [9.17, 15) is 4.79 Å². The lowest BCUT2D eigenvalue weighted by Crippen LogP contribution is -2.16. The predicted molar refractivity (Wildman–Crippen MR) is 73.2 cm³/mol. The van der Waals surface area contributed by atoms with Gasteiger partial charge in [-0.2, -0.15) is 0 Å². The third kappa shape index (κ3) is 4.35. The normalized spacial score (nSPS) is 12.2. The topological polar surface area (TPSA) is 62.2 Å². The quantitative estimate of drug-likeness (QED) is 0.779. The number of carboxylic acids is 1. The van der Waals surface area contributed by atoms with Gasteiger partial charge in [-0.15, -0.1) is 0 Å². The summed E-state index contributed by atoms with van der Waals surface area (Å²) in [5.41, 5.74) is 1.10. The number of rotatable bonds is 7. The van der Waals surface area contributed by atoms with Crippen LogP contribution in [0.4, 0.5) is 5.82 Å². The summed E-state index contributed by atoms with van der Waals surface area (Å²) in [6, 6.07) is 3.54. The first-order chi connectivity index (χ1) is 8.56. The molecule has 0 spiro atoms. The van der Waals surface area contributed by atoms with Gasteiger partial charge in [-0.3, -0.25) is 0 Å². The van der Waals surface area contributed by atoms with Gasteiger partial charge in [0.15, 0.2) is 0 Å². The molecule has 1 unspecified atom stereocenters. The van der Waals surface area contributed by atoms with Gasteiger partial charge in [-0.1, -0.05) is 26.7 Å². The molecule has 1 heterocycles. The fraction of sp³-hybridized carbons (Fsp3) is 0.571. The van der Waals surface area contributed by atoms with E-state index in [2.05, 4.69) is 24.1 Å². The monoisotopic (exact) mass is 250 g/mol. The second kappa shape index (κ2) is 6.99. The van der Waals surface area contributed by atoms with Crippen LogP contribution in [-0.4, -0.2) is 22.1 Å². The zero-order valence-corrected chi connectivity index (χ0v) is 11.4. The molecular formula is C14H22N2O2. The van der Waals surface area contributed by atoms with Crippen molar-refractivity contribution in [3.8, 4) is 0 Å². The fourth-order valence-electron chi connectivity index (χ4n) is 1.80. The Morgan fingerprint density at radius 1 is 1.44 bits per heavy atom. The van der Waals surface area contributed by atoms with Gasteiger partial charge < -0.3 is 10.4 Å². The minimum Gasteiger partial charge on any atom is -0.478 e. The highest BCUT2D eigenvalue weighted by molar-refractivity contribution is 5.88. The minimum atomic E-state index is -0.906. The number of nitrogens with one attached hydrogen (secondary N) is 1. The number of hydrogen-bond donors (Lipinski definition) is 2. The first-order valence-corrected chi connectivity index (χ1v) is 6.57. The molecule has 4 heteroatoms. The molecule has 1 atom stereocenters. The van der Waals surface area contributed by atoms with Crippen molar-refractivity contribution in [3.63, 3.8) is 0 Å². The lowest BCUT2D eigenvalue weighted by molar-refractivity contribution is 0.0696. The number of nitrogens with zero attached hydrogens (tertiary/aromatic N) is 1. The van der Waals surface area contributed by atoms with Crippen molar-refractivity contribution in [3.05, 3.63) is 23.4 Å². The van der Waals surface area contributed by atoms with Crippen LogP contribution in [0.2, 0.25) is 0 Å². The van der Waals surface area contributed by atoms with E-state index in [0.717, 1.165) is 31.4 Å². The van der Waals surface area contributed by atoms with Crippen molar-refractivity contribution in [2.24, 2.45) is 0 Å². The molecule has 0 aliphatic carbocycles. The van der Waals surface area contributed by atoms with Crippen LogP contribution in [0.1, 0.15) is 56.1 Å². The summed E-state index contributed by atoms with van der Waals surface area (Å²) < 4.78 is 0. The average Bonchev–Trinajstić information content (AvgIpc) is 2.35. The van der Waals surface area contributed by atoms with Crippen LogP contribution in [0, 0.1) is 0 Å². The van der Waals surface area contributed by atoms with E-state index in [1.54, 1.807) is 12.1 Å². The van der Waals surface area contributed by atoms with Crippen LogP contribution in [-0.2, 0) is 6.42 Å². The number of carboxylic acid groups (broad SMARTS) is 1. The summed E-state index contributed by atoms with van der Waals surface area (Å²) >= 11 is 0. The first-order valence-electron chi connectivity index (χ1n) is 6.57. The number of hydrogen-bond acceptors (Lipinski definition) is 3. The second-order valence-electron chi connectivity index (χ2n) is 4.58. The lowest BCUT2D eigenvalue weighted by atomic mass is 10.1. The molecule has 2 N–H and O–H groups in total. The van der Waals surface area contributed by atoms with E-state index in [-0.39, 0.29) is 0 Å². The Morgan fingerprint density at radius 3 is 2.72 bits per heavy atom. The molecular weight excluding hydrogens is 228 g/mol. The molecule has 0 aliphatic rings. The molecule has 0 saturated heterocycles. The van der Waals surface area contributed by atoms with Gasteiger partial charge >= 0.3 is 5.97 Å². The Labute approximate surface area is 108 Å². The van der Waals surface area contributed by atoms with Gasteiger partial charge in [0.25, 0.3) is 0 Å². The van der Waals surface area contributed by atoms with Crippen LogP contribution in [0.25, 0.3) is 0 Å². The molecule has 0 radical (unpaired) electrons. The van der Waals surface area contributed by atoms with Crippen molar-refractivity contribution >= 4 is 11.8 Å². The van der Waals surface area contributed by atoms with Crippen LogP contribution in [0.3, 0.4) is 0 Å². The van der Waals surface area contributed by atoms with Crippen molar-refractivity contribution in [2.75, 3.05) is 5.32 Å². The highest BCUT2D eigenvalue weighted by Crippen LogP contribution is 2.14. The number of carbonyl (C=O) groups is 1. The Morgan fingerprint density at radius 2 is 2.17 bits per heavy atom. The molecule has 1 aromatic heterocycles. The van der Waals surface area contributed by atoms with E-state index in [1.807, 2.05) is 6.92 Å². The van der Waals surface area contributed by atoms with Gasteiger partial charge in [-0.05, 0) is 31.9 Å². The maximum Gasteiger partial charge on any atom is 0.335 e. The average molecular weight is 250 g/mol. The summed E-state index contributed by atoms with van der Waals surface area (Å²) in [5.74, 6) is -0.244. The molecule has 1 aromatic rings. The summed E-state index contributed by atoms with van der Waals surface area (Å²) in [7, 11) is 0. The Kier molecular flexibility index (Phi) is 5.62. The minimum absolute atomic E-state index is 0.298. The summed E-state index contributed by atoms with van der Waals surface area (Å²) in [5, 5.41) is 12.3. The number of anilines is 1. The van der Waals surface area contributed by atoms with Crippen LogP contribution in [0.5, 0.6) is 0 Å². The molecule has 0 fully saturated rings. The molecule has 100 valence electrons. The smallest absolute Gasteiger partial charge is 0.335 e. The van der Waals surface area contributed by atoms with Crippen molar-refractivity contribution in [1.82, 2.24) is 4.98 Å². The molecule has 0 bridgehead atoms. The van der Waals surface area contributed by atoms with Gasteiger partial charge in [0, 0.05) is 11.7 Å². The molecule has 4 nitrogen and oxygen atoms in total. The highest BCUT2D eigenvalue weighted by atomic mass is 16.4. The van der Waals surface area contributed by atoms with E-state index < -0.39 is 5.97 Å². The molecule has 0 aliphatic heterocycles. The van der Waals surface area contributed by atoms with Gasteiger partial charge in [0.2, 0.25) is 0 Å². The Bertz CT molecular complexity index is 405. The molecule has 0 aromatic carbocycles. The van der Waals surface area contributed by atoms with Crippen molar-refractivity contribution in [2.45, 2.75) is 52.5 Å². The number of unbranched alkanes of at least 4 members (excludes halogenated alkanes) is 1. The van der Waals surface area contributed by atoms with Crippen LogP contribution >= 0.6 is 0 Å².